The molecule has 0 aliphatic rings. The summed E-state index contributed by atoms with van der Waals surface area (Å²) in [5, 5.41) is 3.52. The van der Waals surface area contributed by atoms with Gasteiger partial charge in [-0.25, -0.2) is 9.59 Å². The molecule has 1 heterocycles. The van der Waals surface area contributed by atoms with Gasteiger partial charge >= 0.3 is 12.1 Å². The van der Waals surface area contributed by atoms with Gasteiger partial charge in [-0.3, -0.25) is 0 Å². The van der Waals surface area contributed by atoms with Crippen molar-refractivity contribution in [3.05, 3.63) is 36.0 Å². The molecule has 21 heavy (non-hydrogen) atoms. The standard InChI is InChI=1S/C15H18N2O4/c1-3-21-14(18)13(17-15(19)20-2)8-10-9-16-12-7-5-4-6-11(10)12/h4-7,9,13,16H,3,8H2,1-2H3,(H,17,19)/t13-/m0/s1. The Balaban J connectivity index is 2.21. The number of rotatable bonds is 5. The lowest BCUT2D eigenvalue weighted by molar-refractivity contribution is -0.145. The van der Waals surface area contributed by atoms with Crippen LogP contribution in [0.15, 0.2) is 30.5 Å². The highest BCUT2D eigenvalue weighted by molar-refractivity contribution is 5.86. The van der Waals surface area contributed by atoms with Crippen molar-refractivity contribution in [1.29, 1.82) is 0 Å². The summed E-state index contributed by atoms with van der Waals surface area (Å²) in [7, 11) is 1.25. The van der Waals surface area contributed by atoms with E-state index >= 15 is 0 Å². The zero-order chi connectivity index (χ0) is 15.2. The number of para-hydroxylation sites is 1. The number of amides is 1. The summed E-state index contributed by atoms with van der Waals surface area (Å²) in [5.74, 6) is -0.479. The highest BCUT2D eigenvalue weighted by Gasteiger charge is 2.24. The maximum Gasteiger partial charge on any atom is 0.407 e. The predicted octanol–water partition coefficient (Wildman–Crippen LogP) is 2.00. The Morgan fingerprint density at radius 3 is 2.81 bits per heavy atom. The van der Waals surface area contributed by atoms with Crippen molar-refractivity contribution in [3.8, 4) is 0 Å². The van der Waals surface area contributed by atoms with E-state index in [2.05, 4.69) is 15.0 Å². The number of aromatic nitrogens is 1. The fourth-order valence-electron chi connectivity index (χ4n) is 2.16. The van der Waals surface area contributed by atoms with Crippen LogP contribution in [0.4, 0.5) is 4.79 Å². The molecule has 2 aromatic rings. The van der Waals surface area contributed by atoms with Gasteiger partial charge in [0.25, 0.3) is 0 Å². The minimum atomic E-state index is -0.781. The van der Waals surface area contributed by atoms with Crippen LogP contribution < -0.4 is 5.32 Å². The monoisotopic (exact) mass is 290 g/mol. The third-order valence-electron chi connectivity index (χ3n) is 3.15. The van der Waals surface area contributed by atoms with Crippen LogP contribution in [0.5, 0.6) is 0 Å². The van der Waals surface area contributed by atoms with Crippen LogP contribution in [0.2, 0.25) is 0 Å². The second-order valence-electron chi connectivity index (χ2n) is 4.50. The molecule has 1 aromatic carbocycles. The summed E-state index contributed by atoms with van der Waals surface area (Å²) >= 11 is 0. The molecule has 0 radical (unpaired) electrons. The van der Waals surface area contributed by atoms with E-state index < -0.39 is 18.1 Å². The van der Waals surface area contributed by atoms with Crippen LogP contribution in [0.25, 0.3) is 10.9 Å². The van der Waals surface area contributed by atoms with E-state index in [4.69, 9.17) is 4.74 Å². The van der Waals surface area contributed by atoms with Gasteiger partial charge < -0.3 is 19.8 Å². The first kappa shape index (κ1) is 14.9. The first-order valence-corrected chi connectivity index (χ1v) is 6.71. The molecule has 0 aliphatic carbocycles. The third kappa shape index (κ3) is 3.53. The van der Waals surface area contributed by atoms with E-state index in [0.29, 0.717) is 6.42 Å². The van der Waals surface area contributed by atoms with Crippen LogP contribution in [-0.4, -0.2) is 36.8 Å². The molecule has 1 atom stereocenters. The first-order valence-electron chi connectivity index (χ1n) is 6.71. The molecule has 0 unspecified atom stereocenters. The van der Waals surface area contributed by atoms with Crippen LogP contribution in [0, 0.1) is 0 Å². The molecule has 0 saturated carbocycles. The van der Waals surface area contributed by atoms with Gasteiger partial charge in [0, 0.05) is 23.5 Å². The number of fused-ring (bicyclic) bond motifs is 1. The number of ether oxygens (including phenoxy) is 2. The van der Waals surface area contributed by atoms with Crippen molar-refractivity contribution in [1.82, 2.24) is 10.3 Å². The SMILES string of the molecule is CCOC(=O)[C@H](Cc1c[nH]c2ccccc12)NC(=O)OC. The summed E-state index contributed by atoms with van der Waals surface area (Å²) in [6, 6.07) is 6.98. The molecule has 2 rings (SSSR count). The molecule has 0 bridgehead atoms. The number of esters is 1. The topological polar surface area (TPSA) is 80.4 Å². The van der Waals surface area contributed by atoms with Crippen molar-refractivity contribution in [2.45, 2.75) is 19.4 Å². The van der Waals surface area contributed by atoms with Gasteiger partial charge in [0.1, 0.15) is 6.04 Å². The summed E-state index contributed by atoms with van der Waals surface area (Å²) < 4.78 is 9.54. The van der Waals surface area contributed by atoms with Crippen molar-refractivity contribution in [2.75, 3.05) is 13.7 Å². The number of hydrogen-bond acceptors (Lipinski definition) is 4. The predicted molar refractivity (Wildman–Crippen MR) is 78.0 cm³/mol. The second kappa shape index (κ2) is 6.78. The Morgan fingerprint density at radius 1 is 1.33 bits per heavy atom. The average molecular weight is 290 g/mol. The molecule has 1 amide bonds. The molecular formula is C15H18N2O4. The van der Waals surface area contributed by atoms with Gasteiger partial charge in [-0.05, 0) is 18.6 Å². The van der Waals surface area contributed by atoms with Crippen LogP contribution in [0.1, 0.15) is 12.5 Å². The normalized spacial score (nSPS) is 11.9. The third-order valence-corrected chi connectivity index (χ3v) is 3.15. The van der Waals surface area contributed by atoms with E-state index in [9.17, 15) is 9.59 Å². The number of benzene rings is 1. The van der Waals surface area contributed by atoms with Crippen LogP contribution in [-0.2, 0) is 20.7 Å². The van der Waals surface area contributed by atoms with Gasteiger partial charge in [0.2, 0.25) is 0 Å². The highest BCUT2D eigenvalue weighted by Crippen LogP contribution is 2.19. The first-order chi connectivity index (χ1) is 10.2. The lowest BCUT2D eigenvalue weighted by Crippen LogP contribution is -2.43. The molecule has 6 heteroatoms. The minimum Gasteiger partial charge on any atom is -0.464 e. The number of alkyl carbamates (subject to hydrolysis) is 1. The summed E-state index contributed by atoms with van der Waals surface area (Å²) in [4.78, 5) is 26.5. The van der Waals surface area contributed by atoms with E-state index in [1.807, 2.05) is 30.5 Å². The fourth-order valence-corrected chi connectivity index (χ4v) is 2.16. The quantitative estimate of drug-likeness (QED) is 0.825. The summed E-state index contributed by atoms with van der Waals surface area (Å²) in [6.07, 6.45) is 1.50. The number of carbonyl (C=O) groups excluding carboxylic acids is 2. The zero-order valence-corrected chi connectivity index (χ0v) is 12.0. The molecule has 2 N–H and O–H groups in total. The molecule has 112 valence electrons. The van der Waals surface area contributed by atoms with Gasteiger partial charge in [0.05, 0.1) is 13.7 Å². The average Bonchev–Trinajstić information content (AvgIpc) is 2.90. The van der Waals surface area contributed by atoms with Crippen LogP contribution >= 0.6 is 0 Å². The molecule has 6 nitrogen and oxygen atoms in total. The van der Waals surface area contributed by atoms with Crippen molar-refractivity contribution in [3.63, 3.8) is 0 Å². The number of H-pyrrole nitrogens is 1. The second-order valence-corrected chi connectivity index (χ2v) is 4.50. The van der Waals surface area contributed by atoms with Crippen LogP contribution in [0.3, 0.4) is 0 Å². The summed E-state index contributed by atoms with van der Waals surface area (Å²) in [5.41, 5.74) is 1.91. The molecule has 0 saturated heterocycles. The Hall–Kier alpha value is -2.50. The van der Waals surface area contributed by atoms with Crippen molar-refractivity contribution in [2.24, 2.45) is 0 Å². The lowest BCUT2D eigenvalue weighted by Gasteiger charge is -2.16. The summed E-state index contributed by atoms with van der Waals surface area (Å²) in [6.45, 7) is 1.98. The number of nitrogens with one attached hydrogen (secondary N) is 2. The van der Waals surface area contributed by atoms with E-state index in [1.54, 1.807) is 6.92 Å². The molecule has 0 spiro atoms. The van der Waals surface area contributed by atoms with E-state index in [-0.39, 0.29) is 6.61 Å². The Labute approximate surface area is 122 Å². The fraction of sp³-hybridized carbons (Fsp3) is 0.333. The van der Waals surface area contributed by atoms with Crippen molar-refractivity contribution < 1.29 is 19.1 Å². The minimum absolute atomic E-state index is 0.256. The maximum absolute atomic E-state index is 12.0. The Kier molecular flexibility index (Phi) is 4.81. The number of aromatic amines is 1. The highest BCUT2D eigenvalue weighted by atomic mass is 16.5. The molecule has 0 aliphatic heterocycles. The molecule has 0 fully saturated rings. The van der Waals surface area contributed by atoms with Gasteiger partial charge in [-0.2, -0.15) is 0 Å². The molecular weight excluding hydrogens is 272 g/mol. The number of carbonyl (C=O) groups is 2. The number of hydrogen-bond donors (Lipinski definition) is 2. The maximum atomic E-state index is 12.0. The number of methoxy groups -OCH3 is 1. The van der Waals surface area contributed by atoms with Gasteiger partial charge in [0.15, 0.2) is 0 Å². The molecule has 1 aromatic heterocycles. The lowest BCUT2D eigenvalue weighted by atomic mass is 10.1. The Bertz CT molecular complexity index is 635. The van der Waals surface area contributed by atoms with Crippen molar-refractivity contribution >= 4 is 23.0 Å². The van der Waals surface area contributed by atoms with E-state index in [1.165, 1.54) is 7.11 Å². The zero-order valence-electron chi connectivity index (χ0n) is 12.0. The van der Waals surface area contributed by atoms with Gasteiger partial charge in [-0.15, -0.1) is 0 Å². The Morgan fingerprint density at radius 2 is 2.10 bits per heavy atom. The van der Waals surface area contributed by atoms with Gasteiger partial charge in [-0.1, -0.05) is 18.2 Å². The smallest absolute Gasteiger partial charge is 0.407 e. The largest absolute Gasteiger partial charge is 0.464 e. The van der Waals surface area contributed by atoms with E-state index in [0.717, 1.165) is 16.5 Å².